The summed E-state index contributed by atoms with van der Waals surface area (Å²) in [5.41, 5.74) is 2.14. The van der Waals surface area contributed by atoms with Gasteiger partial charge in [0, 0.05) is 23.9 Å². The average molecular weight is 654 g/mol. The van der Waals surface area contributed by atoms with Crippen LogP contribution in [-0.4, -0.2) is 25.5 Å². The number of halogens is 3. The number of para-hydroxylation sites is 1. The van der Waals surface area contributed by atoms with Crippen molar-refractivity contribution in [3.63, 3.8) is 0 Å². The lowest BCUT2D eigenvalue weighted by Gasteiger charge is -2.12. The number of carbonyl (C=O) groups excluding carboxylic acids is 1. The van der Waals surface area contributed by atoms with Crippen LogP contribution in [0.3, 0.4) is 0 Å². The number of fused-ring (bicyclic) bond motifs is 1. The van der Waals surface area contributed by atoms with E-state index in [9.17, 15) is 4.79 Å². The van der Waals surface area contributed by atoms with Gasteiger partial charge in [-0.2, -0.15) is 0 Å². The molecule has 1 N–H and O–H groups in total. The van der Waals surface area contributed by atoms with Crippen LogP contribution in [0.5, 0.6) is 5.75 Å². The van der Waals surface area contributed by atoms with Crippen molar-refractivity contribution in [1.29, 1.82) is 0 Å². The van der Waals surface area contributed by atoms with Gasteiger partial charge in [0.25, 0.3) is 0 Å². The third kappa shape index (κ3) is 5.89. The lowest BCUT2D eigenvalue weighted by atomic mass is 9.98. The molecule has 0 aliphatic rings. The van der Waals surface area contributed by atoms with Crippen LogP contribution in [0.2, 0.25) is 0 Å². The zero-order chi connectivity index (χ0) is 20.8. The van der Waals surface area contributed by atoms with Gasteiger partial charge in [-0.25, -0.2) is 0 Å². The molecular weight excluding hydrogens is 628 g/mol. The molecule has 162 valence electrons. The molecule has 0 saturated heterocycles. The van der Waals surface area contributed by atoms with E-state index in [1.54, 1.807) is 0 Å². The van der Waals surface area contributed by atoms with E-state index in [-0.39, 0.29) is 19.6 Å². The Labute approximate surface area is 212 Å². The van der Waals surface area contributed by atoms with Crippen LogP contribution in [0.25, 0.3) is 11.0 Å². The van der Waals surface area contributed by atoms with Gasteiger partial charge in [-0.3, -0.25) is 4.79 Å². The first-order chi connectivity index (χ1) is 14.1. The lowest BCUT2D eigenvalue weighted by molar-refractivity contribution is -0.0000142. The maximum absolute atomic E-state index is 13.5. The van der Waals surface area contributed by atoms with Gasteiger partial charge >= 0.3 is 1.43 Å². The fraction of sp³-hybridized carbons (Fsp3) is 0.348. The first-order valence-corrected chi connectivity index (χ1v) is 12.1. The normalized spacial score (nSPS) is 10.8. The number of rotatable bonds is 10. The maximum Gasteiger partial charge on any atom is 1.00 e. The van der Waals surface area contributed by atoms with Gasteiger partial charge in [0.2, 0.25) is 0 Å². The van der Waals surface area contributed by atoms with E-state index in [1.807, 2.05) is 36.4 Å². The van der Waals surface area contributed by atoms with Crippen molar-refractivity contribution in [2.24, 2.45) is 0 Å². The Kier molecular flexibility index (Phi) is 10.4. The highest BCUT2D eigenvalue weighted by molar-refractivity contribution is 14.1. The summed E-state index contributed by atoms with van der Waals surface area (Å²) in [7, 11) is 0. The van der Waals surface area contributed by atoms with Crippen molar-refractivity contribution < 1.29 is 27.8 Å². The van der Waals surface area contributed by atoms with E-state index < -0.39 is 0 Å². The molecule has 0 aliphatic carbocycles. The van der Waals surface area contributed by atoms with Crippen LogP contribution in [0.15, 0.2) is 40.8 Å². The Hall–Kier alpha value is -0.840. The Balaban J connectivity index is 0.00000240. The molecule has 0 radical (unpaired) electrons. The monoisotopic (exact) mass is 653 g/mol. The summed E-state index contributed by atoms with van der Waals surface area (Å²) in [6.07, 6.45) is 2.82. The molecule has 0 spiro atoms. The standard InChI is InChI=1S/C23H25I2NO3.ClH/c1-3-5-9-20-21(16-8-6-7-10-19(16)29-20)22(27)15-13-17(24)23(18(25)14-15)28-12-11-26-4-2;/h6-8,10,13-14,26H,3-5,9,11-12H2,1-2H3;1H. The summed E-state index contributed by atoms with van der Waals surface area (Å²) < 4.78 is 13.9. The quantitative estimate of drug-likeness (QED) is 0.208. The molecule has 30 heavy (non-hydrogen) atoms. The predicted molar refractivity (Wildman–Crippen MR) is 135 cm³/mol. The van der Waals surface area contributed by atoms with Crippen molar-refractivity contribution >= 4 is 61.9 Å². The maximum atomic E-state index is 13.5. The molecule has 7 heteroatoms. The van der Waals surface area contributed by atoms with Crippen molar-refractivity contribution in [3.05, 3.63) is 60.4 Å². The summed E-state index contributed by atoms with van der Waals surface area (Å²) in [6, 6.07) is 11.6. The minimum atomic E-state index is 0. The van der Waals surface area contributed by atoms with Gasteiger partial charge in [-0.05, 0) is 76.3 Å². The molecular formula is C23H26ClI2NO3. The summed E-state index contributed by atoms with van der Waals surface area (Å²) in [4.78, 5) is 13.5. The number of aryl methyl sites for hydroxylation is 1. The predicted octanol–water partition coefficient (Wildman–Crippen LogP) is 3.32. The highest BCUT2D eigenvalue weighted by Gasteiger charge is 2.23. The minimum Gasteiger partial charge on any atom is -1.00 e. The first kappa shape index (κ1) is 25.4. The Morgan fingerprint density at radius 2 is 1.87 bits per heavy atom. The van der Waals surface area contributed by atoms with E-state index >= 15 is 0 Å². The van der Waals surface area contributed by atoms with Crippen LogP contribution in [-0.2, 0) is 6.42 Å². The van der Waals surface area contributed by atoms with Gasteiger partial charge < -0.3 is 26.9 Å². The molecule has 0 saturated carbocycles. The van der Waals surface area contributed by atoms with Gasteiger partial charge in [-0.15, -0.1) is 0 Å². The number of hydrogen-bond acceptors (Lipinski definition) is 4. The third-order valence-electron chi connectivity index (χ3n) is 4.69. The van der Waals surface area contributed by atoms with Gasteiger partial charge in [0.05, 0.1) is 12.7 Å². The second-order valence-corrected chi connectivity index (χ2v) is 9.12. The number of ketones is 1. The Morgan fingerprint density at radius 3 is 2.53 bits per heavy atom. The van der Waals surface area contributed by atoms with E-state index in [4.69, 9.17) is 9.15 Å². The van der Waals surface area contributed by atoms with Crippen molar-refractivity contribution in [2.45, 2.75) is 33.1 Å². The molecule has 3 aromatic rings. The van der Waals surface area contributed by atoms with E-state index in [2.05, 4.69) is 64.3 Å². The second kappa shape index (κ2) is 12.3. The number of likely N-dealkylation sites (N-methyl/N-ethyl adjacent to an activating group) is 1. The highest BCUT2D eigenvalue weighted by atomic mass is 127. The van der Waals surface area contributed by atoms with Crippen molar-refractivity contribution in [1.82, 2.24) is 5.32 Å². The molecule has 0 aliphatic heterocycles. The fourth-order valence-electron chi connectivity index (χ4n) is 3.23. The molecule has 1 aromatic heterocycles. The van der Waals surface area contributed by atoms with E-state index in [0.717, 1.165) is 62.0 Å². The van der Waals surface area contributed by atoms with Crippen LogP contribution in [0, 0.1) is 7.14 Å². The lowest BCUT2D eigenvalue weighted by Crippen LogP contribution is -3.00. The Bertz CT molecular complexity index is 987. The van der Waals surface area contributed by atoms with E-state index in [1.165, 1.54) is 0 Å². The number of ether oxygens (including phenoxy) is 1. The van der Waals surface area contributed by atoms with Crippen LogP contribution in [0.1, 0.15) is 49.8 Å². The summed E-state index contributed by atoms with van der Waals surface area (Å²) in [5, 5.41) is 4.14. The van der Waals surface area contributed by atoms with E-state index in [0.29, 0.717) is 17.7 Å². The Morgan fingerprint density at radius 1 is 1.17 bits per heavy atom. The summed E-state index contributed by atoms with van der Waals surface area (Å²) in [5.74, 6) is 1.63. The molecule has 0 unspecified atom stereocenters. The van der Waals surface area contributed by atoms with Crippen LogP contribution >= 0.6 is 45.2 Å². The third-order valence-corrected chi connectivity index (χ3v) is 6.29. The zero-order valence-corrected chi connectivity index (χ0v) is 22.1. The zero-order valence-electron chi connectivity index (χ0n) is 18.1. The highest BCUT2D eigenvalue weighted by Crippen LogP contribution is 2.33. The summed E-state index contributed by atoms with van der Waals surface area (Å²) in [6.45, 7) is 6.53. The SMILES string of the molecule is CCCCc1oc2ccccc2c1C(=O)c1cc(I)c(OCCNCC)c(I)c1.[Cl-].[H+]. The largest absolute Gasteiger partial charge is 1.00 e. The minimum absolute atomic E-state index is 0. The topological polar surface area (TPSA) is 51.5 Å². The molecule has 0 fully saturated rings. The molecule has 0 atom stereocenters. The molecule has 1 heterocycles. The van der Waals surface area contributed by atoms with Crippen molar-refractivity contribution in [3.8, 4) is 5.75 Å². The van der Waals surface area contributed by atoms with Gasteiger partial charge in [0.1, 0.15) is 23.7 Å². The number of carbonyl (C=O) groups is 1. The fourth-order valence-corrected chi connectivity index (χ4v) is 5.31. The van der Waals surface area contributed by atoms with Gasteiger partial charge in [-0.1, -0.05) is 38.5 Å². The number of hydrogen-bond donors (Lipinski definition) is 1. The molecule has 3 rings (SSSR count). The number of benzene rings is 2. The number of unbranched alkanes of at least 4 members (excludes halogenated alkanes) is 1. The number of furan rings is 1. The molecule has 4 nitrogen and oxygen atoms in total. The summed E-state index contributed by atoms with van der Waals surface area (Å²) >= 11 is 4.49. The molecule has 2 aromatic carbocycles. The second-order valence-electron chi connectivity index (χ2n) is 6.80. The van der Waals surface area contributed by atoms with Gasteiger partial charge in [0.15, 0.2) is 5.78 Å². The first-order valence-electron chi connectivity index (χ1n) is 9.94. The smallest absolute Gasteiger partial charge is 1.00 e. The number of nitrogens with one attached hydrogen (secondary N) is 1. The van der Waals surface area contributed by atoms with Crippen LogP contribution in [0.4, 0.5) is 0 Å². The van der Waals surface area contributed by atoms with Crippen LogP contribution < -0.4 is 22.5 Å². The molecule has 0 amide bonds. The average Bonchev–Trinajstić information content (AvgIpc) is 3.08. The molecule has 0 bridgehead atoms. The van der Waals surface area contributed by atoms with Crippen molar-refractivity contribution in [2.75, 3.05) is 19.7 Å².